The van der Waals surface area contributed by atoms with Gasteiger partial charge in [-0.1, -0.05) is 72.9 Å². The van der Waals surface area contributed by atoms with Crippen LogP contribution >= 0.6 is 0 Å². The molecule has 3 heteroatoms. The summed E-state index contributed by atoms with van der Waals surface area (Å²) < 4.78 is 0. The highest BCUT2D eigenvalue weighted by Gasteiger charge is 2.17. The van der Waals surface area contributed by atoms with Crippen LogP contribution in [0.5, 0.6) is 0 Å². The molecule has 0 aliphatic rings. The first-order valence-electron chi connectivity index (χ1n) is 8.66. The molecular weight excluding hydrogens is 267 g/mol. The molecule has 2 nitrogen and oxygen atoms in total. The van der Waals surface area contributed by atoms with Crippen molar-refractivity contribution in [1.82, 2.24) is 10.6 Å². The number of rotatable bonds is 12. The molecule has 0 aliphatic carbocycles. The second-order valence-electron chi connectivity index (χ2n) is 7.24. The van der Waals surface area contributed by atoms with E-state index in [4.69, 9.17) is 0 Å². The van der Waals surface area contributed by atoms with E-state index in [1.807, 2.05) is 0 Å². The van der Waals surface area contributed by atoms with Gasteiger partial charge in [-0.25, -0.2) is 0 Å². The van der Waals surface area contributed by atoms with Crippen LogP contribution in [-0.2, 0) is 0 Å². The first kappa shape index (κ1) is 21.0. The van der Waals surface area contributed by atoms with Crippen molar-refractivity contribution in [2.24, 2.45) is 5.92 Å². The van der Waals surface area contributed by atoms with E-state index in [2.05, 4.69) is 71.8 Å². The molecule has 0 amide bonds. The van der Waals surface area contributed by atoms with Gasteiger partial charge in [-0.05, 0) is 12.3 Å². The SMILES string of the molecule is C=C(CNC(C)C)NC(CCCB(C)C(=C)C)C(=C)C(C)C. The third-order valence-electron chi connectivity index (χ3n) is 4.26. The molecule has 0 aliphatic heterocycles. The molecule has 0 rings (SSSR count). The molecule has 0 heterocycles. The van der Waals surface area contributed by atoms with Crippen molar-refractivity contribution in [1.29, 1.82) is 0 Å². The summed E-state index contributed by atoms with van der Waals surface area (Å²) in [5.74, 6) is 0.488. The van der Waals surface area contributed by atoms with Crippen molar-refractivity contribution in [3.63, 3.8) is 0 Å². The largest absolute Gasteiger partial charge is 0.381 e. The molecule has 0 aromatic heterocycles. The molecule has 126 valence electrons. The van der Waals surface area contributed by atoms with Crippen molar-refractivity contribution in [3.8, 4) is 0 Å². The topological polar surface area (TPSA) is 24.1 Å². The van der Waals surface area contributed by atoms with Gasteiger partial charge in [0, 0.05) is 24.3 Å². The monoisotopic (exact) mass is 304 g/mol. The van der Waals surface area contributed by atoms with Gasteiger partial charge in [0.1, 0.15) is 0 Å². The van der Waals surface area contributed by atoms with Crippen LogP contribution in [0, 0.1) is 5.92 Å². The van der Waals surface area contributed by atoms with Gasteiger partial charge in [0.2, 0.25) is 0 Å². The van der Waals surface area contributed by atoms with Gasteiger partial charge in [0.25, 0.3) is 0 Å². The fourth-order valence-corrected chi connectivity index (χ4v) is 2.25. The third kappa shape index (κ3) is 9.14. The van der Waals surface area contributed by atoms with Crippen molar-refractivity contribution in [3.05, 3.63) is 36.5 Å². The third-order valence-corrected chi connectivity index (χ3v) is 4.26. The van der Waals surface area contributed by atoms with E-state index in [0.29, 0.717) is 24.7 Å². The van der Waals surface area contributed by atoms with Crippen LogP contribution in [0.15, 0.2) is 36.5 Å². The van der Waals surface area contributed by atoms with Crippen molar-refractivity contribution in [2.75, 3.05) is 6.54 Å². The molecule has 0 aromatic carbocycles. The van der Waals surface area contributed by atoms with Crippen LogP contribution in [0.4, 0.5) is 0 Å². The van der Waals surface area contributed by atoms with Crippen LogP contribution < -0.4 is 10.6 Å². The number of nitrogens with one attached hydrogen (secondary N) is 2. The standard InChI is InChI=1S/C19H37BN2/c1-14(2)18(8)19(11-10-12-20(9)15(3)4)22-17(7)13-21-16(5)6/h14,16,19,21-22H,3,7-8,10-13H2,1-2,4-6,9H3. The molecule has 22 heavy (non-hydrogen) atoms. The Labute approximate surface area is 139 Å². The van der Waals surface area contributed by atoms with Crippen LogP contribution in [0.1, 0.15) is 47.5 Å². The Kier molecular flexibility index (Phi) is 10.3. The second kappa shape index (κ2) is 10.7. The Morgan fingerprint density at radius 2 is 1.68 bits per heavy atom. The lowest BCUT2D eigenvalue weighted by Crippen LogP contribution is -2.36. The molecule has 0 radical (unpaired) electrons. The highest BCUT2D eigenvalue weighted by atomic mass is 15.0. The predicted molar refractivity (Wildman–Crippen MR) is 104 cm³/mol. The zero-order valence-corrected chi connectivity index (χ0v) is 15.8. The molecule has 0 saturated carbocycles. The minimum atomic E-state index is 0.318. The zero-order chi connectivity index (χ0) is 17.3. The van der Waals surface area contributed by atoms with E-state index >= 15 is 0 Å². The number of allylic oxidation sites excluding steroid dienone is 1. The lowest BCUT2D eigenvalue weighted by atomic mass is 9.44. The van der Waals surface area contributed by atoms with Crippen LogP contribution in [0.3, 0.4) is 0 Å². The lowest BCUT2D eigenvalue weighted by Gasteiger charge is -2.26. The summed E-state index contributed by atoms with van der Waals surface area (Å²) in [6.07, 6.45) is 3.48. The summed E-state index contributed by atoms with van der Waals surface area (Å²) in [7, 11) is 0. The van der Waals surface area contributed by atoms with Crippen molar-refractivity contribution >= 4 is 6.71 Å². The average Bonchev–Trinajstić information content (AvgIpc) is 2.42. The molecule has 0 bridgehead atoms. The molecule has 1 unspecified atom stereocenters. The number of hydrogen-bond acceptors (Lipinski definition) is 2. The van der Waals surface area contributed by atoms with Crippen LogP contribution in [-0.4, -0.2) is 25.3 Å². The quantitative estimate of drug-likeness (QED) is 0.404. The lowest BCUT2D eigenvalue weighted by molar-refractivity contribution is 0.513. The predicted octanol–water partition coefficient (Wildman–Crippen LogP) is 4.69. The fraction of sp³-hybridized carbons (Fsp3) is 0.684. The highest BCUT2D eigenvalue weighted by molar-refractivity contribution is 6.65. The summed E-state index contributed by atoms with van der Waals surface area (Å²) in [5, 5.41) is 6.98. The maximum absolute atomic E-state index is 4.29. The molecule has 0 fully saturated rings. The summed E-state index contributed by atoms with van der Waals surface area (Å²) in [4.78, 5) is 0. The Bertz CT molecular complexity index is 372. The Hall–Kier alpha value is -0.955. The molecule has 0 aromatic rings. The van der Waals surface area contributed by atoms with Crippen LogP contribution in [0.25, 0.3) is 0 Å². The van der Waals surface area contributed by atoms with Gasteiger partial charge in [-0.15, -0.1) is 12.1 Å². The van der Waals surface area contributed by atoms with Crippen LogP contribution in [0.2, 0.25) is 13.1 Å². The molecule has 0 saturated heterocycles. The van der Waals surface area contributed by atoms with E-state index in [9.17, 15) is 0 Å². The first-order valence-corrected chi connectivity index (χ1v) is 8.66. The van der Waals surface area contributed by atoms with Crippen molar-refractivity contribution < 1.29 is 0 Å². The smallest absolute Gasteiger partial charge is 0.166 e. The van der Waals surface area contributed by atoms with Gasteiger partial charge in [-0.2, -0.15) is 0 Å². The minimum absolute atomic E-state index is 0.318. The Morgan fingerprint density at radius 1 is 1.09 bits per heavy atom. The second-order valence-corrected chi connectivity index (χ2v) is 7.24. The molecule has 1 atom stereocenters. The summed E-state index contributed by atoms with van der Waals surface area (Å²) in [6, 6.07) is 0.792. The Morgan fingerprint density at radius 3 is 2.14 bits per heavy atom. The average molecular weight is 304 g/mol. The van der Waals surface area contributed by atoms with E-state index in [1.54, 1.807) is 0 Å². The fourth-order valence-electron chi connectivity index (χ4n) is 2.25. The highest BCUT2D eigenvalue weighted by Crippen LogP contribution is 2.19. The van der Waals surface area contributed by atoms with Gasteiger partial charge in [-0.3, -0.25) is 0 Å². The van der Waals surface area contributed by atoms with Gasteiger partial charge in [0.05, 0.1) is 0 Å². The maximum Gasteiger partial charge on any atom is 0.166 e. The van der Waals surface area contributed by atoms with E-state index in [-0.39, 0.29) is 0 Å². The van der Waals surface area contributed by atoms with Crippen molar-refractivity contribution in [2.45, 2.75) is 72.7 Å². The maximum atomic E-state index is 4.29. The minimum Gasteiger partial charge on any atom is -0.381 e. The molecule has 0 spiro atoms. The molecular formula is C19H37BN2. The molecule has 2 N–H and O–H groups in total. The number of hydrogen-bond donors (Lipinski definition) is 2. The Balaban J connectivity index is 4.47. The van der Waals surface area contributed by atoms with Gasteiger partial charge in [0.15, 0.2) is 6.71 Å². The van der Waals surface area contributed by atoms with Gasteiger partial charge >= 0.3 is 0 Å². The first-order chi connectivity index (χ1) is 10.1. The summed E-state index contributed by atoms with van der Waals surface area (Å²) >= 11 is 0. The zero-order valence-electron chi connectivity index (χ0n) is 15.8. The van der Waals surface area contributed by atoms with E-state index < -0.39 is 0 Å². The summed E-state index contributed by atoms with van der Waals surface area (Å²) in [5.41, 5.74) is 3.60. The van der Waals surface area contributed by atoms with E-state index in [1.165, 1.54) is 23.8 Å². The van der Waals surface area contributed by atoms with Gasteiger partial charge < -0.3 is 10.6 Å². The van der Waals surface area contributed by atoms with E-state index in [0.717, 1.165) is 18.7 Å². The normalized spacial score (nSPS) is 12.4. The summed E-state index contributed by atoms with van der Waals surface area (Å²) in [6.45, 7) is 27.0.